The number of carbonyl (C=O) groups is 1. The molecule has 0 spiro atoms. The lowest BCUT2D eigenvalue weighted by atomic mass is 10.2. The van der Waals surface area contributed by atoms with Crippen molar-refractivity contribution in [2.45, 2.75) is 18.4 Å². The molecular formula is C18H18N2O3S. The topological polar surface area (TPSA) is 68.2 Å². The zero-order chi connectivity index (χ0) is 17.3. The van der Waals surface area contributed by atoms with E-state index in [1.165, 1.54) is 12.1 Å². The number of hydrogen-bond acceptors (Lipinski definition) is 3. The summed E-state index contributed by atoms with van der Waals surface area (Å²) in [5.74, 6) is -0.207. The molecule has 0 atom stereocenters. The fourth-order valence-electron chi connectivity index (χ4n) is 2.72. The zero-order valence-corrected chi connectivity index (χ0v) is 14.3. The van der Waals surface area contributed by atoms with E-state index in [4.69, 9.17) is 0 Å². The number of fused-ring (bicyclic) bond motifs is 1. The van der Waals surface area contributed by atoms with Crippen LogP contribution >= 0.6 is 0 Å². The Morgan fingerprint density at radius 1 is 1.12 bits per heavy atom. The highest BCUT2D eigenvalue weighted by Gasteiger charge is 2.11. The van der Waals surface area contributed by atoms with Gasteiger partial charge in [-0.2, -0.15) is 0 Å². The molecule has 24 heavy (non-hydrogen) atoms. The van der Waals surface area contributed by atoms with Gasteiger partial charge in [0.25, 0.3) is 0 Å². The van der Waals surface area contributed by atoms with E-state index >= 15 is 0 Å². The van der Waals surface area contributed by atoms with Gasteiger partial charge in [0, 0.05) is 29.0 Å². The minimum Gasteiger partial charge on any atom is -0.338 e. The maximum absolute atomic E-state index is 12.3. The summed E-state index contributed by atoms with van der Waals surface area (Å²) in [5, 5.41) is 3.87. The first-order chi connectivity index (χ1) is 11.3. The van der Waals surface area contributed by atoms with Crippen LogP contribution in [0.25, 0.3) is 10.9 Å². The molecule has 124 valence electrons. The summed E-state index contributed by atoms with van der Waals surface area (Å²) in [6, 6.07) is 14.2. The van der Waals surface area contributed by atoms with Crippen molar-refractivity contribution in [2.75, 3.05) is 11.6 Å². The first kappa shape index (κ1) is 16.3. The van der Waals surface area contributed by atoms with Gasteiger partial charge in [-0.1, -0.05) is 24.3 Å². The van der Waals surface area contributed by atoms with E-state index in [1.54, 1.807) is 12.1 Å². The smallest absolute Gasteiger partial charge is 0.244 e. The molecule has 2 aromatic carbocycles. The molecule has 6 heteroatoms. The summed E-state index contributed by atoms with van der Waals surface area (Å²) in [6.45, 7) is 2.17. The molecule has 1 aromatic heterocycles. The quantitative estimate of drug-likeness (QED) is 0.792. The van der Waals surface area contributed by atoms with Gasteiger partial charge in [-0.3, -0.25) is 4.79 Å². The molecule has 1 N–H and O–H groups in total. The summed E-state index contributed by atoms with van der Waals surface area (Å²) in [5.41, 5.74) is 2.57. The molecule has 3 aromatic rings. The number of rotatable bonds is 4. The molecule has 0 saturated heterocycles. The molecule has 0 fully saturated rings. The Kier molecular flexibility index (Phi) is 4.15. The summed E-state index contributed by atoms with van der Waals surface area (Å²) >= 11 is 0. The molecule has 5 nitrogen and oxygen atoms in total. The number of aryl methyl sites for hydroxylation is 1. The number of carbonyl (C=O) groups excluding carboxylic acids is 1. The third kappa shape index (κ3) is 3.33. The van der Waals surface area contributed by atoms with Crippen molar-refractivity contribution in [2.24, 2.45) is 0 Å². The van der Waals surface area contributed by atoms with Crippen LogP contribution in [-0.2, 0) is 21.2 Å². The van der Waals surface area contributed by atoms with E-state index in [1.807, 2.05) is 42.0 Å². The molecule has 0 radical (unpaired) electrons. The van der Waals surface area contributed by atoms with E-state index in [0.29, 0.717) is 5.69 Å². The third-order valence-corrected chi connectivity index (χ3v) is 4.96. The number of nitrogens with one attached hydrogen (secondary N) is 1. The number of benzene rings is 2. The van der Waals surface area contributed by atoms with Crippen molar-refractivity contribution in [1.29, 1.82) is 0 Å². The molecule has 0 unspecified atom stereocenters. The van der Waals surface area contributed by atoms with Crippen molar-refractivity contribution in [3.8, 4) is 0 Å². The molecule has 0 aliphatic rings. The van der Waals surface area contributed by atoms with E-state index in [-0.39, 0.29) is 17.3 Å². The minimum atomic E-state index is -3.30. The van der Waals surface area contributed by atoms with Gasteiger partial charge in [-0.15, -0.1) is 0 Å². The second kappa shape index (κ2) is 6.13. The Balaban J connectivity index is 1.81. The maximum Gasteiger partial charge on any atom is 0.244 e. The highest BCUT2D eigenvalue weighted by Crippen LogP contribution is 2.20. The number of sulfone groups is 1. The number of anilines is 1. The van der Waals surface area contributed by atoms with Crippen molar-refractivity contribution in [3.63, 3.8) is 0 Å². The van der Waals surface area contributed by atoms with E-state index in [0.717, 1.165) is 22.7 Å². The molecule has 1 heterocycles. The van der Waals surface area contributed by atoms with Crippen LogP contribution in [0, 0.1) is 6.92 Å². The second-order valence-electron chi connectivity index (χ2n) is 5.81. The van der Waals surface area contributed by atoms with Gasteiger partial charge >= 0.3 is 0 Å². The van der Waals surface area contributed by atoms with Crippen LogP contribution in [0.3, 0.4) is 0 Å². The number of nitrogens with zero attached hydrogens (tertiary/aromatic N) is 1. The predicted octanol–water partition coefficient (Wildman–Crippen LogP) is 2.99. The first-order valence-corrected chi connectivity index (χ1v) is 9.38. The normalized spacial score (nSPS) is 11.6. The van der Waals surface area contributed by atoms with Crippen LogP contribution in [0.1, 0.15) is 5.56 Å². The fraction of sp³-hybridized carbons (Fsp3) is 0.167. The van der Waals surface area contributed by atoms with Gasteiger partial charge < -0.3 is 9.88 Å². The van der Waals surface area contributed by atoms with Gasteiger partial charge in [0.2, 0.25) is 5.91 Å². The minimum absolute atomic E-state index is 0.164. The molecule has 0 saturated carbocycles. The number of aromatic nitrogens is 1. The highest BCUT2D eigenvalue weighted by molar-refractivity contribution is 7.90. The van der Waals surface area contributed by atoms with Gasteiger partial charge in [-0.25, -0.2) is 8.42 Å². The summed E-state index contributed by atoms with van der Waals surface area (Å²) in [6.07, 6.45) is 3.08. The van der Waals surface area contributed by atoms with Crippen LogP contribution in [0.5, 0.6) is 0 Å². The van der Waals surface area contributed by atoms with Gasteiger partial charge in [0.1, 0.15) is 6.54 Å². The van der Waals surface area contributed by atoms with Crippen LogP contribution in [-0.4, -0.2) is 25.1 Å². The van der Waals surface area contributed by atoms with E-state index in [2.05, 4.69) is 5.32 Å². The molecule has 3 rings (SSSR count). The first-order valence-electron chi connectivity index (χ1n) is 7.49. The lowest BCUT2D eigenvalue weighted by molar-refractivity contribution is -0.116. The van der Waals surface area contributed by atoms with Crippen LogP contribution in [0.4, 0.5) is 5.69 Å². The zero-order valence-electron chi connectivity index (χ0n) is 13.5. The number of hydrogen-bond donors (Lipinski definition) is 1. The number of para-hydroxylation sites is 1. The molecule has 0 bridgehead atoms. The van der Waals surface area contributed by atoms with Crippen molar-refractivity contribution < 1.29 is 13.2 Å². The molecular weight excluding hydrogens is 324 g/mol. The van der Waals surface area contributed by atoms with E-state index < -0.39 is 9.84 Å². The Hall–Kier alpha value is -2.60. The fourth-order valence-corrected chi connectivity index (χ4v) is 3.39. The third-order valence-electron chi connectivity index (χ3n) is 3.85. The molecule has 0 aliphatic heterocycles. The van der Waals surface area contributed by atoms with Crippen molar-refractivity contribution in [1.82, 2.24) is 4.57 Å². The van der Waals surface area contributed by atoms with Crippen LogP contribution < -0.4 is 5.32 Å². The summed E-state index contributed by atoms with van der Waals surface area (Å²) < 4.78 is 25.1. The average Bonchev–Trinajstić information content (AvgIpc) is 2.83. The lowest BCUT2D eigenvalue weighted by Crippen LogP contribution is -2.18. The Labute approximate surface area is 140 Å². The van der Waals surface area contributed by atoms with Gasteiger partial charge in [0.15, 0.2) is 9.84 Å². The average molecular weight is 342 g/mol. The van der Waals surface area contributed by atoms with Crippen molar-refractivity contribution >= 4 is 32.3 Å². The maximum atomic E-state index is 12.3. The standard InChI is InChI=1S/C18H18N2O3S/c1-13-11-20(17-9-4-3-8-16(13)17)12-18(21)19-14-6-5-7-15(10-14)24(2,22)23/h3-11H,12H2,1-2H3,(H,19,21). The lowest BCUT2D eigenvalue weighted by Gasteiger charge is -2.08. The van der Waals surface area contributed by atoms with Gasteiger partial charge in [0.05, 0.1) is 4.90 Å². The molecule has 1 amide bonds. The molecule has 0 aliphatic carbocycles. The SMILES string of the molecule is Cc1cn(CC(=O)Nc2cccc(S(C)(=O)=O)c2)c2ccccc12. The Morgan fingerprint density at radius 2 is 1.88 bits per heavy atom. The summed E-state index contributed by atoms with van der Waals surface area (Å²) in [7, 11) is -3.30. The number of amides is 1. The second-order valence-corrected chi connectivity index (χ2v) is 7.82. The Morgan fingerprint density at radius 3 is 2.62 bits per heavy atom. The Bertz CT molecular complexity index is 1020. The van der Waals surface area contributed by atoms with Gasteiger partial charge in [-0.05, 0) is 36.8 Å². The monoisotopic (exact) mass is 342 g/mol. The highest BCUT2D eigenvalue weighted by atomic mass is 32.2. The van der Waals surface area contributed by atoms with Crippen LogP contribution in [0.2, 0.25) is 0 Å². The summed E-state index contributed by atoms with van der Waals surface area (Å²) in [4.78, 5) is 12.5. The van der Waals surface area contributed by atoms with E-state index in [9.17, 15) is 13.2 Å². The predicted molar refractivity (Wildman–Crippen MR) is 94.9 cm³/mol. The van der Waals surface area contributed by atoms with Crippen molar-refractivity contribution in [3.05, 3.63) is 60.3 Å². The van der Waals surface area contributed by atoms with Crippen LogP contribution in [0.15, 0.2) is 59.6 Å². The largest absolute Gasteiger partial charge is 0.338 e.